The van der Waals surface area contributed by atoms with Gasteiger partial charge in [0.1, 0.15) is 11.8 Å². The molecular formula is C29H47N3O5. The maximum absolute atomic E-state index is 14.0. The third-order valence-electron chi connectivity index (χ3n) is 8.93. The van der Waals surface area contributed by atoms with Crippen molar-refractivity contribution < 1.29 is 24.0 Å². The molecule has 8 heteroatoms. The number of likely N-dealkylation sites (tertiary alicyclic amines) is 1. The van der Waals surface area contributed by atoms with Gasteiger partial charge in [0.25, 0.3) is 5.91 Å². The van der Waals surface area contributed by atoms with E-state index in [1.54, 1.807) is 4.90 Å². The molecule has 0 aromatic heterocycles. The van der Waals surface area contributed by atoms with Crippen LogP contribution in [-0.4, -0.2) is 52.8 Å². The summed E-state index contributed by atoms with van der Waals surface area (Å²) < 4.78 is 0. The highest BCUT2D eigenvalue weighted by atomic mass is 16.2. The fourth-order valence-electron chi connectivity index (χ4n) is 6.39. The number of nitrogens with two attached hydrogens (primary N) is 1. The summed E-state index contributed by atoms with van der Waals surface area (Å²) in [5.41, 5.74) is 4.55. The van der Waals surface area contributed by atoms with E-state index >= 15 is 0 Å². The molecule has 1 heterocycles. The summed E-state index contributed by atoms with van der Waals surface area (Å²) in [4.78, 5) is 66.6. The van der Waals surface area contributed by atoms with Gasteiger partial charge in [-0.15, -0.1) is 0 Å². The molecule has 208 valence electrons. The summed E-state index contributed by atoms with van der Waals surface area (Å²) in [5.74, 6) is -2.53. The molecule has 8 nitrogen and oxygen atoms in total. The second-order valence-electron chi connectivity index (χ2n) is 14.6. The Morgan fingerprint density at radius 2 is 1.62 bits per heavy atom. The maximum Gasteiger partial charge on any atom is 0.287 e. The van der Waals surface area contributed by atoms with Crippen LogP contribution in [0.25, 0.3) is 0 Å². The molecular weight excluding hydrogens is 470 g/mol. The van der Waals surface area contributed by atoms with E-state index in [9.17, 15) is 24.0 Å². The highest BCUT2D eigenvalue weighted by Gasteiger charge is 2.69. The number of carbonyl (C=O) groups excluding carboxylic acids is 5. The van der Waals surface area contributed by atoms with Crippen LogP contribution in [0.2, 0.25) is 0 Å². The van der Waals surface area contributed by atoms with Crippen molar-refractivity contribution in [3.05, 3.63) is 0 Å². The second kappa shape index (κ2) is 10.1. The van der Waals surface area contributed by atoms with Crippen LogP contribution in [0.1, 0.15) is 93.9 Å². The van der Waals surface area contributed by atoms with Crippen molar-refractivity contribution in [2.45, 2.75) is 106 Å². The number of ketones is 2. The van der Waals surface area contributed by atoms with Gasteiger partial charge >= 0.3 is 0 Å². The number of nitrogens with zero attached hydrogens (tertiary/aromatic N) is 1. The minimum atomic E-state index is -1.06. The van der Waals surface area contributed by atoms with E-state index in [2.05, 4.69) is 19.2 Å². The number of amides is 3. The zero-order valence-corrected chi connectivity index (χ0v) is 24.0. The number of nitrogens with one attached hydrogen (secondary N) is 1. The van der Waals surface area contributed by atoms with Crippen LogP contribution >= 0.6 is 0 Å². The lowest BCUT2D eigenvalue weighted by Crippen LogP contribution is -2.57. The predicted octanol–water partition coefficient (Wildman–Crippen LogP) is 3.26. The van der Waals surface area contributed by atoms with Crippen molar-refractivity contribution >= 4 is 29.3 Å². The summed E-state index contributed by atoms with van der Waals surface area (Å²) in [7, 11) is 0. The van der Waals surface area contributed by atoms with Gasteiger partial charge in [0.2, 0.25) is 17.6 Å². The third-order valence-corrected chi connectivity index (χ3v) is 8.93. The molecule has 0 aromatic carbocycles. The average molecular weight is 518 g/mol. The predicted molar refractivity (Wildman–Crippen MR) is 141 cm³/mol. The summed E-state index contributed by atoms with van der Waals surface area (Å²) in [6.07, 6.45) is 3.89. The van der Waals surface area contributed by atoms with Crippen LogP contribution in [0.3, 0.4) is 0 Å². The number of hydrogen-bond donors (Lipinski definition) is 2. The summed E-state index contributed by atoms with van der Waals surface area (Å²) in [6, 6.07) is -1.71. The maximum atomic E-state index is 14.0. The Kier molecular flexibility index (Phi) is 8.03. The number of fused-ring (bicyclic) bond motifs is 1. The van der Waals surface area contributed by atoms with Gasteiger partial charge in [-0.25, -0.2) is 0 Å². The standard InChI is InChI=1S/C29H47N3O5/c1-27(2,3)14-17(33)13-18(28(4,5)6)26(37)32-15-19-21(29(19,7)8)22(32)25(36)31-20(23(34)24(30)35)12-16-10-9-11-16/h16,18-22H,9-15H2,1-8H3,(H2,30,35)(H,31,36)/t18-,19+,20?,21+,22+/m1/s1. The molecule has 3 fully saturated rings. The molecule has 5 atom stereocenters. The number of hydrogen-bond acceptors (Lipinski definition) is 5. The van der Waals surface area contributed by atoms with Gasteiger partial charge in [-0.2, -0.15) is 0 Å². The van der Waals surface area contributed by atoms with Crippen LogP contribution in [-0.2, 0) is 24.0 Å². The monoisotopic (exact) mass is 517 g/mol. The molecule has 37 heavy (non-hydrogen) atoms. The Morgan fingerprint density at radius 1 is 1.03 bits per heavy atom. The number of Topliss-reactive ketones (excluding diaryl/α,β-unsaturated/α-hetero) is 2. The molecule has 3 rings (SSSR count). The van der Waals surface area contributed by atoms with Crippen LogP contribution in [0, 0.1) is 39.9 Å². The highest BCUT2D eigenvalue weighted by Crippen LogP contribution is 2.65. The molecule has 0 aromatic rings. The lowest BCUT2D eigenvalue weighted by Gasteiger charge is -2.38. The first-order chi connectivity index (χ1) is 16.8. The van der Waals surface area contributed by atoms with E-state index in [1.807, 2.05) is 41.5 Å². The largest absolute Gasteiger partial charge is 0.363 e. The molecule has 1 saturated heterocycles. The molecule has 2 aliphatic carbocycles. The summed E-state index contributed by atoms with van der Waals surface area (Å²) in [5, 5.41) is 2.82. The van der Waals surface area contributed by atoms with E-state index in [-0.39, 0.29) is 46.7 Å². The lowest BCUT2D eigenvalue weighted by atomic mass is 9.75. The SMILES string of the molecule is CC(C)(C)CC(=O)C[C@H](C(=O)N1C[C@H]2[C@@H]([C@H]1C(=O)NC(CC1CCC1)C(=O)C(N)=O)C2(C)C)C(C)(C)C. The minimum absolute atomic E-state index is 0.0321. The molecule has 0 radical (unpaired) electrons. The Morgan fingerprint density at radius 3 is 2.08 bits per heavy atom. The quantitative estimate of drug-likeness (QED) is 0.430. The topological polar surface area (TPSA) is 127 Å². The number of piperidine rings is 1. The minimum Gasteiger partial charge on any atom is -0.363 e. The van der Waals surface area contributed by atoms with E-state index in [4.69, 9.17) is 5.73 Å². The fraction of sp³-hybridized carbons (Fsp3) is 0.828. The molecule has 1 unspecified atom stereocenters. The first-order valence-electron chi connectivity index (χ1n) is 13.8. The Labute approximate surface area is 221 Å². The van der Waals surface area contributed by atoms with E-state index in [0.717, 1.165) is 19.3 Å². The van der Waals surface area contributed by atoms with Crippen LogP contribution < -0.4 is 11.1 Å². The summed E-state index contributed by atoms with van der Waals surface area (Å²) in [6.45, 7) is 16.5. The van der Waals surface area contributed by atoms with Crippen molar-refractivity contribution in [3.63, 3.8) is 0 Å². The normalized spacial score (nSPS) is 26.5. The summed E-state index contributed by atoms with van der Waals surface area (Å²) >= 11 is 0. The number of primary amides is 1. The van der Waals surface area contributed by atoms with Gasteiger partial charge < -0.3 is 16.0 Å². The van der Waals surface area contributed by atoms with Crippen LogP contribution in [0.5, 0.6) is 0 Å². The molecule has 0 bridgehead atoms. The fourth-order valence-corrected chi connectivity index (χ4v) is 6.39. The average Bonchev–Trinajstić information content (AvgIpc) is 3.06. The number of carbonyl (C=O) groups is 5. The number of rotatable bonds is 10. The zero-order valence-electron chi connectivity index (χ0n) is 24.0. The lowest BCUT2D eigenvalue weighted by molar-refractivity contribution is -0.148. The molecule has 3 amide bonds. The van der Waals surface area contributed by atoms with E-state index in [0.29, 0.717) is 19.4 Å². The van der Waals surface area contributed by atoms with Gasteiger partial charge in [0, 0.05) is 25.3 Å². The molecule has 3 N–H and O–H groups in total. The first kappa shape index (κ1) is 29.3. The zero-order chi connectivity index (χ0) is 28.1. The highest BCUT2D eigenvalue weighted by molar-refractivity contribution is 6.37. The van der Waals surface area contributed by atoms with Crippen molar-refractivity contribution in [1.29, 1.82) is 0 Å². The van der Waals surface area contributed by atoms with Gasteiger partial charge in [0.15, 0.2) is 0 Å². The van der Waals surface area contributed by atoms with Gasteiger partial charge in [-0.05, 0) is 40.4 Å². The molecule has 2 saturated carbocycles. The van der Waals surface area contributed by atoms with Gasteiger partial charge in [-0.1, -0.05) is 74.7 Å². The van der Waals surface area contributed by atoms with Crippen molar-refractivity contribution in [2.75, 3.05) is 6.54 Å². The Hall–Kier alpha value is -2.25. The van der Waals surface area contributed by atoms with E-state index in [1.165, 1.54) is 0 Å². The smallest absolute Gasteiger partial charge is 0.287 e. The van der Waals surface area contributed by atoms with Crippen LogP contribution in [0.4, 0.5) is 0 Å². The van der Waals surface area contributed by atoms with Gasteiger partial charge in [-0.3, -0.25) is 24.0 Å². The molecule has 3 aliphatic rings. The Bertz CT molecular complexity index is 954. The van der Waals surface area contributed by atoms with Crippen LogP contribution in [0.15, 0.2) is 0 Å². The van der Waals surface area contributed by atoms with E-state index < -0.39 is 41.0 Å². The third kappa shape index (κ3) is 6.43. The first-order valence-corrected chi connectivity index (χ1v) is 13.8. The molecule has 1 aliphatic heterocycles. The van der Waals surface area contributed by atoms with Crippen molar-refractivity contribution in [1.82, 2.24) is 10.2 Å². The van der Waals surface area contributed by atoms with Crippen molar-refractivity contribution in [2.24, 2.45) is 45.7 Å². The molecule has 0 spiro atoms. The Balaban J connectivity index is 1.83. The van der Waals surface area contributed by atoms with Crippen molar-refractivity contribution in [3.8, 4) is 0 Å². The van der Waals surface area contributed by atoms with Gasteiger partial charge in [0.05, 0.1) is 6.04 Å². The second-order valence-corrected chi connectivity index (χ2v) is 14.6.